The number of hydrogen-bond donors (Lipinski definition) is 1. The standard InChI is InChI=1S/C16H23N3O/c1-5-8-17-16-13(11-19(2)3)9-12-6-7-14(20-4)10-15(12)18-16/h6-7,9-10H,5,8,11H2,1-4H3,(H,17,18). The Morgan fingerprint density at radius 3 is 2.70 bits per heavy atom. The van der Waals surface area contributed by atoms with Gasteiger partial charge in [0.25, 0.3) is 0 Å². The summed E-state index contributed by atoms with van der Waals surface area (Å²) in [5, 5.41) is 4.56. The Bertz CT molecular complexity index is 581. The van der Waals surface area contributed by atoms with E-state index < -0.39 is 0 Å². The van der Waals surface area contributed by atoms with Gasteiger partial charge in [0.05, 0.1) is 12.6 Å². The third kappa shape index (κ3) is 3.39. The quantitative estimate of drug-likeness (QED) is 0.877. The summed E-state index contributed by atoms with van der Waals surface area (Å²) in [7, 11) is 5.82. The number of ether oxygens (including phenoxy) is 1. The number of hydrogen-bond acceptors (Lipinski definition) is 4. The van der Waals surface area contributed by atoms with Gasteiger partial charge in [0.1, 0.15) is 11.6 Å². The minimum absolute atomic E-state index is 0.840. The molecule has 0 unspecified atom stereocenters. The molecular weight excluding hydrogens is 250 g/mol. The van der Waals surface area contributed by atoms with Crippen LogP contribution in [0.5, 0.6) is 5.75 Å². The van der Waals surface area contributed by atoms with Crippen LogP contribution in [0.4, 0.5) is 5.82 Å². The van der Waals surface area contributed by atoms with Crippen molar-refractivity contribution in [2.24, 2.45) is 0 Å². The van der Waals surface area contributed by atoms with Gasteiger partial charge in [-0.05, 0) is 38.7 Å². The maximum Gasteiger partial charge on any atom is 0.131 e. The Labute approximate surface area is 120 Å². The van der Waals surface area contributed by atoms with Crippen LogP contribution in [0, 0.1) is 0 Å². The Kier molecular flexibility index (Phi) is 4.79. The zero-order chi connectivity index (χ0) is 14.5. The molecule has 1 N–H and O–H groups in total. The van der Waals surface area contributed by atoms with Crippen LogP contribution >= 0.6 is 0 Å². The largest absolute Gasteiger partial charge is 0.497 e. The average Bonchev–Trinajstić information content (AvgIpc) is 2.44. The number of fused-ring (bicyclic) bond motifs is 1. The number of benzene rings is 1. The lowest BCUT2D eigenvalue weighted by Gasteiger charge is -2.16. The van der Waals surface area contributed by atoms with Gasteiger partial charge in [0.2, 0.25) is 0 Å². The highest BCUT2D eigenvalue weighted by Crippen LogP contribution is 2.25. The normalized spacial score (nSPS) is 11.1. The summed E-state index contributed by atoms with van der Waals surface area (Å²) in [6.07, 6.45) is 1.08. The van der Waals surface area contributed by atoms with Gasteiger partial charge in [0.15, 0.2) is 0 Å². The number of anilines is 1. The molecular formula is C16H23N3O. The monoisotopic (exact) mass is 273 g/mol. The van der Waals surface area contributed by atoms with Crippen LogP contribution in [-0.2, 0) is 6.54 Å². The molecule has 108 valence electrons. The summed E-state index contributed by atoms with van der Waals surface area (Å²) in [4.78, 5) is 6.91. The first kappa shape index (κ1) is 14.6. The second-order valence-electron chi connectivity index (χ2n) is 5.22. The predicted molar refractivity (Wildman–Crippen MR) is 84.5 cm³/mol. The van der Waals surface area contributed by atoms with E-state index in [1.807, 2.05) is 12.1 Å². The van der Waals surface area contributed by atoms with Crippen LogP contribution in [0.2, 0.25) is 0 Å². The van der Waals surface area contributed by atoms with Crippen molar-refractivity contribution in [1.29, 1.82) is 0 Å². The molecule has 1 heterocycles. The fourth-order valence-corrected chi connectivity index (χ4v) is 2.18. The zero-order valence-corrected chi connectivity index (χ0v) is 12.7. The molecule has 1 aromatic heterocycles. The van der Waals surface area contributed by atoms with Gasteiger partial charge in [-0.1, -0.05) is 6.92 Å². The molecule has 0 aliphatic rings. The average molecular weight is 273 g/mol. The number of nitrogens with one attached hydrogen (secondary N) is 1. The predicted octanol–water partition coefficient (Wildman–Crippen LogP) is 3.13. The summed E-state index contributed by atoms with van der Waals surface area (Å²) in [6, 6.07) is 8.22. The second-order valence-corrected chi connectivity index (χ2v) is 5.22. The van der Waals surface area contributed by atoms with Crippen molar-refractivity contribution in [2.75, 3.05) is 33.1 Å². The minimum Gasteiger partial charge on any atom is -0.497 e. The Hall–Kier alpha value is -1.81. The fourth-order valence-electron chi connectivity index (χ4n) is 2.18. The Morgan fingerprint density at radius 1 is 1.25 bits per heavy atom. The minimum atomic E-state index is 0.840. The first-order valence-electron chi connectivity index (χ1n) is 7.00. The van der Waals surface area contributed by atoms with Gasteiger partial charge in [-0.25, -0.2) is 4.98 Å². The van der Waals surface area contributed by atoms with Crippen molar-refractivity contribution >= 4 is 16.7 Å². The summed E-state index contributed by atoms with van der Waals surface area (Å²) in [5.74, 6) is 1.81. The molecule has 0 saturated carbocycles. The number of aromatic nitrogens is 1. The molecule has 4 nitrogen and oxygen atoms in total. The van der Waals surface area contributed by atoms with E-state index in [1.165, 1.54) is 5.56 Å². The van der Waals surface area contributed by atoms with Gasteiger partial charge >= 0.3 is 0 Å². The van der Waals surface area contributed by atoms with Crippen LogP contribution in [-0.4, -0.2) is 37.6 Å². The van der Waals surface area contributed by atoms with Crippen molar-refractivity contribution in [2.45, 2.75) is 19.9 Å². The summed E-state index contributed by atoms with van der Waals surface area (Å²) >= 11 is 0. The third-order valence-corrected chi connectivity index (χ3v) is 3.13. The summed E-state index contributed by atoms with van der Waals surface area (Å²) < 4.78 is 5.27. The van der Waals surface area contributed by atoms with E-state index in [0.29, 0.717) is 0 Å². The highest BCUT2D eigenvalue weighted by Gasteiger charge is 2.08. The van der Waals surface area contributed by atoms with E-state index >= 15 is 0 Å². The van der Waals surface area contributed by atoms with Crippen LogP contribution in [0.1, 0.15) is 18.9 Å². The van der Waals surface area contributed by atoms with Crippen LogP contribution < -0.4 is 10.1 Å². The Morgan fingerprint density at radius 2 is 2.05 bits per heavy atom. The van der Waals surface area contributed by atoms with E-state index in [4.69, 9.17) is 9.72 Å². The van der Waals surface area contributed by atoms with Crippen molar-refractivity contribution in [3.63, 3.8) is 0 Å². The van der Waals surface area contributed by atoms with Gasteiger partial charge in [-0.2, -0.15) is 0 Å². The number of rotatable bonds is 6. The number of methoxy groups -OCH3 is 1. The van der Waals surface area contributed by atoms with Gasteiger partial charge in [-0.3, -0.25) is 0 Å². The molecule has 1 aromatic carbocycles. The number of pyridine rings is 1. The van der Waals surface area contributed by atoms with Crippen LogP contribution in [0.3, 0.4) is 0 Å². The Balaban J connectivity index is 2.46. The molecule has 4 heteroatoms. The lowest BCUT2D eigenvalue weighted by molar-refractivity contribution is 0.403. The molecule has 0 bridgehead atoms. The molecule has 0 aliphatic carbocycles. The van der Waals surface area contributed by atoms with Crippen molar-refractivity contribution < 1.29 is 4.74 Å². The first-order chi connectivity index (χ1) is 9.63. The lowest BCUT2D eigenvalue weighted by Crippen LogP contribution is -2.14. The van der Waals surface area contributed by atoms with Gasteiger partial charge in [0, 0.05) is 30.1 Å². The van der Waals surface area contributed by atoms with E-state index in [9.17, 15) is 0 Å². The van der Waals surface area contributed by atoms with Crippen LogP contribution in [0.25, 0.3) is 10.9 Å². The van der Waals surface area contributed by atoms with E-state index in [0.717, 1.165) is 42.0 Å². The molecule has 0 amide bonds. The van der Waals surface area contributed by atoms with E-state index in [1.54, 1.807) is 7.11 Å². The highest BCUT2D eigenvalue weighted by molar-refractivity contribution is 5.83. The van der Waals surface area contributed by atoms with Gasteiger partial charge < -0.3 is 15.0 Å². The second kappa shape index (κ2) is 6.57. The molecule has 2 rings (SSSR count). The third-order valence-electron chi connectivity index (χ3n) is 3.13. The topological polar surface area (TPSA) is 37.4 Å². The van der Waals surface area contributed by atoms with Crippen LogP contribution in [0.15, 0.2) is 24.3 Å². The highest BCUT2D eigenvalue weighted by atomic mass is 16.5. The summed E-state index contributed by atoms with van der Waals surface area (Å²) in [5.41, 5.74) is 2.19. The van der Waals surface area contributed by atoms with Gasteiger partial charge in [-0.15, -0.1) is 0 Å². The molecule has 0 radical (unpaired) electrons. The smallest absolute Gasteiger partial charge is 0.131 e. The van der Waals surface area contributed by atoms with E-state index in [2.05, 4.69) is 43.4 Å². The summed E-state index contributed by atoms with van der Waals surface area (Å²) in [6.45, 7) is 3.96. The zero-order valence-electron chi connectivity index (χ0n) is 12.7. The fraction of sp³-hybridized carbons (Fsp3) is 0.438. The maximum atomic E-state index is 5.27. The first-order valence-corrected chi connectivity index (χ1v) is 7.00. The maximum absolute atomic E-state index is 5.27. The number of nitrogens with zero attached hydrogens (tertiary/aromatic N) is 2. The lowest BCUT2D eigenvalue weighted by atomic mass is 10.1. The van der Waals surface area contributed by atoms with Crippen molar-refractivity contribution in [3.05, 3.63) is 29.8 Å². The van der Waals surface area contributed by atoms with Crippen molar-refractivity contribution in [1.82, 2.24) is 9.88 Å². The molecule has 0 fully saturated rings. The van der Waals surface area contributed by atoms with Crippen molar-refractivity contribution in [3.8, 4) is 5.75 Å². The molecule has 0 atom stereocenters. The SMILES string of the molecule is CCCNc1nc2cc(OC)ccc2cc1CN(C)C. The molecule has 0 aliphatic heterocycles. The van der Waals surface area contributed by atoms with E-state index in [-0.39, 0.29) is 0 Å². The molecule has 20 heavy (non-hydrogen) atoms. The molecule has 0 spiro atoms. The molecule has 0 saturated heterocycles. The molecule has 2 aromatic rings.